The highest BCUT2D eigenvalue weighted by molar-refractivity contribution is 7.14. The van der Waals surface area contributed by atoms with Crippen molar-refractivity contribution in [1.29, 1.82) is 0 Å². The molecule has 38 heavy (non-hydrogen) atoms. The van der Waals surface area contributed by atoms with E-state index >= 15 is 0 Å². The van der Waals surface area contributed by atoms with Crippen LogP contribution in [0.25, 0.3) is 11.3 Å². The van der Waals surface area contributed by atoms with E-state index in [0.717, 1.165) is 24.0 Å². The van der Waals surface area contributed by atoms with Crippen molar-refractivity contribution < 1.29 is 23.9 Å². The standard InChI is InChI=1S/C27H27N5O5S/c28-26(36)37-20-13-22(32(14-20)23(33)12-16-4-2-1-3-5-16)25(35)31-27-30-21(15-38-27)17-6-8-18(9-7-17)24(34)29-19-10-11-19/h1-9,15,19-20,22H,10-14H2,(H2,28,36)(H,29,34)(H,30,31,35)/t20-,22+/m0/s1. The Morgan fingerprint density at radius 2 is 1.79 bits per heavy atom. The quantitative estimate of drug-likeness (QED) is 0.406. The summed E-state index contributed by atoms with van der Waals surface area (Å²) < 4.78 is 5.11. The zero-order chi connectivity index (χ0) is 26.6. The summed E-state index contributed by atoms with van der Waals surface area (Å²) in [5, 5.41) is 7.93. The van der Waals surface area contributed by atoms with Gasteiger partial charge in [-0.1, -0.05) is 42.5 Å². The number of nitrogens with zero attached hydrogens (tertiary/aromatic N) is 2. The summed E-state index contributed by atoms with van der Waals surface area (Å²) in [5.41, 5.74) is 8.03. The third-order valence-corrected chi connectivity index (χ3v) is 7.21. The summed E-state index contributed by atoms with van der Waals surface area (Å²) in [6.07, 6.45) is 0.672. The van der Waals surface area contributed by atoms with Crippen LogP contribution in [0.4, 0.5) is 9.93 Å². The Labute approximate surface area is 223 Å². The molecule has 1 aliphatic heterocycles. The van der Waals surface area contributed by atoms with Crippen LogP contribution in [0.3, 0.4) is 0 Å². The van der Waals surface area contributed by atoms with Crippen LogP contribution >= 0.6 is 11.3 Å². The number of primary amides is 1. The normalized spacial score (nSPS) is 18.6. The molecule has 2 aliphatic rings. The molecular weight excluding hydrogens is 506 g/mol. The van der Waals surface area contributed by atoms with Crippen molar-refractivity contribution in [3.8, 4) is 11.3 Å². The molecule has 0 spiro atoms. The van der Waals surface area contributed by atoms with Gasteiger partial charge in [0, 0.05) is 29.0 Å². The molecule has 2 atom stereocenters. The minimum Gasteiger partial charge on any atom is -0.444 e. The Bertz CT molecular complexity index is 1340. The molecule has 2 heterocycles. The number of benzene rings is 2. The minimum absolute atomic E-state index is 0.0798. The molecule has 196 valence electrons. The minimum atomic E-state index is -0.952. The number of ether oxygens (including phenoxy) is 1. The number of nitrogens with two attached hydrogens (primary N) is 1. The van der Waals surface area contributed by atoms with Crippen molar-refractivity contribution >= 4 is 40.3 Å². The van der Waals surface area contributed by atoms with E-state index in [0.29, 0.717) is 16.4 Å². The molecule has 1 aromatic heterocycles. The van der Waals surface area contributed by atoms with E-state index in [1.165, 1.54) is 16.2 Å². The lowest BCUT2D eigenvalue weighted by molar-refractivity contribution is -0.136. The van der Waals surface area contributed by atoms with Gasteiger partial charge in [-0.15, -0.1) is 11.3 Å². The molecule has 1 saturated heterocycles. The maximum absolute atomic E-state index is 13.2. The molecule has 5 rings (SSSR count). The van der Waals surface area contributed by atoms with Crippen LogP contribution in [0, 0.1) is 0 Å². The number of hydrogen-bond acceptors (Lipinski definition) is 7. The Hall–Kier alpha value is -4.25. The second-order valence-corrected chi connectivity index (χ2v) is 10.2. The molecule has 0 unspecified atom stereocenters. The van der Waals surface area contributed by atoms with Crippen LogP contribution < -0.4 is 16.4 Å². The molecule has 11 heteroatoms. The summed E-state index contributed by atoms with van der Waals surface area (Å²) in [4.78, 5) is 55.7. The number of anilines is 1. The van der Waals surface area contributed by atoms with E-state index < -0.39 is 24.1 Å². The van der Waals surface area contributed by atoms with Gasteiger partial charge in [-0.3, -0.25) is 14.4 Å². The maximum Gasteiger partial charge on any atom is 0.404 e. The number of nitrogens with one attached hydrogen (secondary N) is 2. The van der Waals surface area contributed by atoms with Crippen LogP contribution in [-0.2, 0) is 20.7 Å². The van der Waals surface area contributed by atoms with E-state index in [-0.39, 0.29) is 37.2 Å². The summed E-state index contributed by atoms with van der Waals surface area (Å²) in [5.74, 6) is -0.764. The molecule has 10 nitrogen and oxygen atoms in total. The number of carbonyl (C=O) groups is 4. The van der Waals surface area contributed by atoms with Crippen LogP contribution in [0.2, 0.25) is 0 Å². The first kappa shape index (κ1) is 25.4. The zero-order valence-electron chi connectivity index (χ0n) is 20.5. The van der Waals surface area contributed by atoms with E-state index in [1.807, 2.05) is 42.5 Å². The number of thiazole rings is 1. The van der Waals surface area contributed by atoms with E-state index in [2.05, 4.69) is 15.6 Å². The van der Waals surface area contributed by atoms with Crippen LogP contribution in [0.1, 0.15) is 35.2 Å². The highest BCUT2D eigenvalue weighted by atomic mass is 32.1. The number of carbonyl (C=O) groups excluding carboxylic acids is 4. The van der Waals surface area contributed by atoms with Crippen molar-refractivity contribution in [1.82, 2.24) is 15.2 Å². The Morgan fingerprint density at radius 3 is 2.47 bits per heavy atom. The van der Waals surface area contributed by atoms with Gasteiger partial charge in [0.25, 0.3) is 5.91 Å². The first-order valence-corrected chi connectivity index (χ1v) is 13.2. The van der Waals surface area contributed by atoms with E-state index in [4.69, 9.17) is 10.5 Å². The van der Waals surface area contributed by atoms with Crippen molar-refractivity contribution in [2.45, 2.75) is 43.9 Å². The fraction of sp³-hybridized carbons (Fsp3) is 0.296. The molecule has 2 aromatic carbocycles. The molecular formula is C27H27N5O5S. The highest BCUT2D eigenvalue weighted by Gasteiger charge is 2.41. The Morgan fingerprint density at radius 1 is 1.05 bits per heavy atom. The van der Waals surface area contributed by atoms with Gasteiger partial charge in [0.2, 0.25) is 11.8 Å². The van der Waals surface area contributed by atoms with Crippen LogP contribution in [-0.4, -0.2) is 58.4 Å². The largest absolute Gasteiger partial charge is 0.444 e. The Kier molecular flexibility index (Phi) is 7.36. The van der Waals surface area contributed by atoms with E-state index in [1.54, 1.807) is 17.5 Å². The lowest BCUT2D eigenvalue weighted by Gasteiger charge is -2.23. The number of hydrogen-bond donors (Lipinski definition) is 3. The topological polar surface area (TPSA) is 144 Å². The summed E-state index contributed by atoms with van der Waals surface area (Å²) in [6.45, 7) is 0.0798. The van der Waals surface area contributed by atoms with Gasteiger partial charge in [-0.05, 0) is 30.5 Å². The number of aromatic nitrogens is 1. The van der Waals surface area contributed by atoms with Gasteiger partial charge in [-0.2, -0.15) is 0 Å². The van der Waals surface area contributed by atoms with Gasteiger partial charge in [0.1, 0.15) is 12.1 Å². The predicted octanol–water partition coefficient (Wildman–Crippen LogP) is 2.95. The highest BCUT2D eigenvalue weighted by Crippen LogP contribution is 2.28. The lowest BCUT2D eigenvalue weighted by Crippen LogP contribution is -2.44. The van der Waals surface area contributed by atoms with Crippen LogP contribution in [0.5, 0.6) is 0 Å². The third-order valence-electron chi connectivity index (χ3n) is 6.46. The SMILES string of the molecule is NC(=O)O[C@H]1C[C@H](C(=O)Nc2nc(-c3ccc(C(=O)NC4CC4)cc3)cs2)N(C(=O)Cc2ccccc2)C1. The average Bonchev–Trinajstić information content (AvgIpc) is 3.42. The average molecular weight is 534 g/mol. The molecule has 1 aliphatic carbocycles. The van der Waals surface area contributed by atoms with Crippen molar-refractivity contribution in [2.75, 3.05) is 11.9 Å². The van der Waals surface area contributed by atoms with Crippen molar-refractivity contribution in [3.63, 3.8) is 0 Å². The number of likely N-dealkylation sites (tertiary alicyclic amines) is 1. The van der Waals surface area contributed by atoms with E-state index in [9.17, 15) is 19.2 Å². The monoisotopic (exact) mass is 533 g/mol. The van der Waals surface area contributed by atoms with Crippen molar-refractivity contribution in [3.05, 3.63) is 71.1 Å². The second kappa shape index (κ2) is 11.0. The third kappa shape index (κ3) is 6.17. The van der Waals surface area contributed by atoms with Gasteiger partial charge < -0.3 is 26.0 Å². The number of rotatable bonds is 8. The summed E-state index contributed by atoms with van der Waals surface area (Å²) in [7, 11) is 0. The van der Waals surface area contributed by atoms with Gasteiger partial charge in [0.15, 0.2) is 5.13 Å². The summed E-state index contributed by atoms with van der Waals surface area (Å²) in [6, 6.07) is 15.8. The zero-order valence-corrected chi connectivity index (χ0v) is 21.3. The Balaban J connectivity index is 1.25. The summed E-state index contributed by atoms with van der Waals surface area (Å²) >= 11 is 1.25. The van der Waals surface area contributed by atoms with Crippen LogP contribution in [0.15, 0.2) is 60.0 Å². The molecule has 0 bridgehead atoms. The maximum atomic E-state index is 13.2. The van der Waals surface area contributed by atoms with Gasteiger partial charge in [0.05, 0.1) is 18.7 Å². The lowest BCUT2D eigenvalue weighted by atomic mass is 10.1. The van der Waals surface area contributed by atoms with Gasteiger partial charge in [-0.25, -0.2) is 9.78 Å². The predicted molar refractivity (Wildman–Crippen MR) is 141 cm³/mol. The molecule has 3 aromatic rings. The fourth-order valence-corrected chi connectivity index (χ4v) is 5.11. The molecule has 2 fully saturated rings. The van der Waals surface area contributed by atoms with Gasteiger partial charge >= 0.3 is 6.09 Å². The van der Waals surface area contributed by atoms with Crippen molar-refractivity contribution in [2.24, 2.45) is 5.73 Å². The molecule has 0 radical (unpaired) electrons. The first-order valence-electron chi connectivity index (χ1n) is 12.3. The first-order chi connectivity index (χ1) is 18.4. The molecule has 4 N–H and O–H groups in total. The molecule has 1 saturated carbocycles. The second-order valence-electron chi connectivity index (χ2n) is 9.37. The number of amides is 4. The molecule has 4 amide bonds. The smallest absolute Gasteiger partial charge is 0.404 e. The fourth-order valence-electron chi connectivity index (χ4n) is 4.38.